The van der Waals surface area contributed by atoms with Crippen molar-refractivity contribution < 1.29 is 4.74 Å². The largest absolute Gasteiger partial charge is 0.496 e. The molecule has 0 aliphatic rings. The number of hydrogen-bond donors (Lipinski definition) is 2. The Morgan fingerprint density at radius 2 is 2.00 bits per heavy atom. The Kier molecular flexibility index (Phi) is 10.2. The van der Waals surface area contributed by atoms with Crippen molar-refractivity contribution in [2.75, 3.05) is 20.2 Å². The van der Waals surface area contributed by atoms with Gasteiger partial charge in [-0.25, -0.2) is 4.99 Å². The molecule has 0 amide bonds. The van der Waals surface area contributed by atoms with Gasteiger partial charge in [-0.15, -0.1) is 24.0 Å². The highest BCUT2D eigenvalue weighted by Crippen LogP contribution is 2.19. The van der Waals surface area contributed by atoms with Crippen molar-refractivity contribution in [2.24, 2.45) is 4.99 Å². The summed E-state index contributed by atoms with van der Waals surface area (Å²) in [5.74, 6) is 1.78. The number of methoxy groups -OCH3 is 1. The maximum atomic E-state index is 5.33. The number of hydrogen-bond acceptors (Lipinski definition) is 2. The molecule has 1 aromatic carbocycles. The van der Waals surface area contributed by atoms with Gasteiger partial charge in [-0.05, 0) is 37.5 Å². The van der Waals surface area contributed by atoms with Gasteiger partial charge in [-0.1, -0.05) is 19.1 Å². The summed E-state index contributed by atoms with van der Waals surface area (Å²) < 4.78 is 5.33. The van der Waals surface area contributed by atoms with E-state index >= 15 is 0 Å². The molecule has 0 aromatic heterocycles. The Morgan fingerprint density at radius 3 is 2.60 bits per heavy atom. The van der Waals surface area contributed by atoms with E-state index in [4.69, 9.17) is 4.74 Å². The first-order valence-electron chi connectivity index (χ1n) is 6.87. The zero-order valence-electron chi connectivity index (χ0n) is 12.8. The van der Waals surface area contributed by atoms with Gasteiger partial charge < -0.3 is 15.4 Å². The molecule has 0 saturated carbocycles. The van der Waals surface area contributed by atoms with Crippen LogP contribution in [0.25, 0.3) is 0 Å². The van der Waals surface area contributed by atoms with Gasteiger partial charge in [-0.3, -0.25) is 0 Å². The molecule has 0 radical (unpaired) electrons. The SMILES string of the molecule is CCCNC(=NCc1ccc(C)c(OC)c1)NCC.I. The molecule has 0 heterocycles. The van der Waals surface area contributed by atoms with Gasteiger partial charge in [0.05, 0.1) is 13.7 Å². The van der Waals surface area contributed by atoms with Crippen LogP contribution in [0.1, 0.15) is 31.4 Å². The number of nitrogens with one attached hydrogen (secondary N) is 2. The van der Waals surface area contributed by atoms with Crippen LogP contribution in [0.15, 0.2) is 23.2 Å². The molecular formula is C15H26IN3O. The lowest BCUT2D eigenvalue weighted by atomic mass is 10.1. The average Bonchev–Trinajstić information content (AvgIpc) is 2.43. The zero-order valence-corrected chi connectivity index (χ0v) is 15.2. The second kappa shape index (κ2) is 10.8. The van der Waals surface area contributed by atoms with E-state index in [1.807, 2.05) is 13.0 Å². The quantitative estimate of drug-likeness (QED) is 0.445. The molecule has 0 bridgehead atoms. The van der Waals surface area contributed by atoms with Gasteiger partial charge in [0.1, 0.15) is 5.75 Å². The summed E-state index contributed by atoms with van der Waals surface area (Å²) in [7, 11) is 1.70. The third-order valence-corrected chi connectivity index (χ3v) is 2.78. The van der Waals surface area contributed by atoms with Crippen LogP contribution < -0.4 is 15.4 Å². The summed E-state index contributed by atoms with van der Waals surface area (Å²) >= 11 is 0. The van der Waals surface area contributed by atoms with Crippen LogP contribution >= 0.6 is 24.0 Å². The first-order valence-corrected chi connectivity index (χ1v) is 6.87. The van der Waals surface area contributed by atoms with E-state index in [0.29, 0.717) is 6.54 Å². The predicted molar refractivity (Wildman–Crippen MR) is 96.3 cm³/mol. The van der Waals surface area contributed by atoms with Crippen molar-refractivity contribution in [3.8, 4) is 5.75 Å². The monoisotopic (exact) mass is 391 g/mol. The predicted octanol–water partition coefficient (Wildman–Crippen LogP) is 3.09. The Labute approximate surface area is 139 Å². The highest BCUT2D eigenvalue weighted by Gasteiger charge is 2.01. The maximum Gasteiger partial charge on any atom is 0.191 e. The first-order chi connectivity index (χ1) is 9.21. The second-order valence-electron chi connectivity index (χ2n) is 4.43. The number of nitrogens with zero attached hydrogens (tertiary/aromatic N) is 1. The summed E-state index contributed by atoms with van der Waals surface area (Å²) in [6.45, 7) is 8.70. The number of halogens is 1. The molecule has 0 aliphatic carbocycles. The van der Waals surface area contributed by atoms with Gasteiger partial charge in [0.2, 0.25) is 0 Å². The van der Waals surface area contributed by atoms with Crippen molar-refractivity contribution in [3.05, 3.63) is 29.3 Å². The zero-order chi connectivity index (χ0) is 14.1. The van der Waals surface area contributed by atoms with E-state index in [1.54, 1.807) is 7.11 Å². The molecule has 1 aromatic rings. The van der Waals surface area contributed by atoms with Crippen molar-refractivity contribution >= 4 is 29.9 Å². The van der Waals surface area contributed by atoms with Gasteiger partial charge in [0, 0.05) is 13.1 Å². The van der Waals surface area contributed by atoms with Crippen molar-refractivity contribution in [1.82, 2.24) is 10.6 Å². The summed E-state index contributed by atoms with van der Waals surface area (Å²) in [6, 6.07) is 6.20. The van der Waals surface area contributed by atoms with Crippen LogP contribution in [-0.4, -0.2) is 26.2 Å². The first kappa shape index (κ1) is 19.0. The molecule has 114 valence electrons. The number of rotatable bonds is 6. The Morgan fingerprint density at radius 1 is 1.25 bits per heavy atom. The number of ether oxygens (including phenoxy) is 1. The molecule has 2 N–H and O–H groups in total. The second-order valence-corrected chi connectivity index (χ2v) is 4.43. The van der Waals surface area contributed by atoms with Crippen molar-refractivity contribution in [1.29, 1.82) is 0 Å². The minimum Gasteiger partial charge on any atom is -0.496 e. The summed E-state index contributed by atoms with van der Waals surface area (Å²) in [5, 5.41) is 6.52. The number of aliphatic imine (C=N–C) groups is 1. The van der Waals surface area contributed by atoms with Gasteiger partial charge in [-0.2, -0.15) is 0 Å². The molecule has 0 aliphatic heterocycles. The molecule has 0 spiro atoms. The third-order valence-electron chi connectivity index (χ3n) is 2.78. The number of benzene rings is 1. The Hall–Kier alpha value is -0.980. The fourth-order valence-electron chi connectivity index (χ4n) is 1.72. The molecule has 4 nitrogen and oxygen atoms in total. The van der Waals surface area contributed by atoms with Crippen molar-refractivity contribution in [3.63, 3.8) is 0 Å². The van der Waals surface area contributed by atoms with Gasteiger partial charge in [0.15, 0.2) is 5.96 Å². The topological polar surface area (TPSA) is 45.7 Å². The van der Waals surface area contributed by atoms with Crippen LogP contribution in [0.2, 0.25) is 0 Å². The summed E-state index contributed by atoms with van der Waals surface area (Å²) in [6.07, 6.45) is 1.09. The highest BCUT2D eigenvalue weighted by atomic mass is 127. The van der Waals surface area contributed by atoms with E-state index in [0.717, 1.165) is 42.3 Å². The van der Waals surface area contributed by atoms with E-state index in [2.05, 4.69) is 41.6 Å². The highest BCUT2D eigenvalue weighted by molar-refractivity contribution is 14.0. The minimum absolute atomic E-state index is 0. The van der Waals surface area contributed by atoms with Gasteiger partial charge >= 0.3 is 0 Å². The molecular weight excluding hydrogens is 365 g/mol. The lowest BCUT2D eigenvalue weighted by Gasteiger charge is -2.11. The molecule has 0 unspecified atom stereocenters. The fourth-order valence-corrected chi connectivity index (χ4v) is 1.72. The van der Waals surface area contributed by atoms with E-state index in [9.17, 15) is 0 Å². The normalized spacial score (nSPS) is 10.7. The lowest BCUT2D eigenvalue weighted by molar-refractivity contribution is 0.411. The summed E-state index contributed by atoms with van der Waals surface area (Å²) in [4.78, 5) is 4.57. The average molecular weight is 391 g/mol. The minimum atomic E-state index is 0. The smallest absolute Gasteiger partial charge is 0.191 e. The number of guanidine groups is 1. The van der Waals surface area contributed by atoms with Crippen LogP contribution in [-0.2, 0) is 6.54 Å². The third kappa shape index (κ3) is 6.45. The van der Waals surface area contributed by atoms with Crippen LogP contribution in [0.3, 0.4) is 0 Å². The van der Waals surface area contributed by atoms with Crippen molar-refractivity contribution in [2.45, 2.75) is 33.7 Å². The Bertz CT molecular complexity index is 422. The standard InChI is InChI=1S/C15H25N3O.HI/c1-5-9-17-15(16-6-2)18-11-13-8-7-12(3)14(10-13)19-4;/h7-8,10H,5-6,9,11H2,1-4H3,(H2,16,17,18);1H. The van der Waals surface area contributed by atoms with E-state index in [-0.39, 0.29) is 24.0 Å². The van der Waals surface area contributed by atoms with Gasteiger partial charge in [0.25, 0.3) is 0 Å². The molecule has 0 atom stereocenters. The maximum absolute atomic E-state index is 5.33. The molecule has 0 fully saturated rings. The van der Waals surface area contributed by atoms with Crippen LogP contribution in [0.5, 0.6) is 5.75 Å². The van der Waals surface area contributed by atoms with E-state index < -0.39 is 0 Å². The molecule has 0 saturated heterocycles. The molecule has 20 heavy (non-hydrogen) atoms. The number of aryl methyl sites for hydroxylation is 1. The van der Waals surface area contributed by atoms with Crippen LogP contribution in [0.4, 0.5) is 0 Å². The Balaban J connectivity index is 0.00000361. The fraction of sp³-hybridized carbons (Fsp3) is 0.533. The summed E-state index contributed by atoms with van der Waals surface area (Å²) in [5.41, 5.74) is 2.29. The van der Waals surface area contributed by atoms with Crippen LogP contribution in [0, 0.1) is 6.92 Å². The molecule has 1 rings (SSSR count). The lowest BCUT2D eigenvalue weighted by Crippen LogP contribution is -2.37. The van der Waals surface area contributed by atoms with E-state index in [1.165, 1.54) is 0 Å². The molecule has 5 heteroatoms.